The average Bonchev–Trinajstić information content (AvgIpc) is 2.61. The highest BCUT2D eigenvalue weighted by Crippen LogP contribution is 2.36. The summed E-state index contributed by atoms with van der Waals surface area (Å²) in [6, 6.07) is 0. The van der Waals surface area contributed by atoms with Gasteiger partial charge in [0.1, 0.15) is 17.1 Å². The summed E-state index contributed by atoms with van der Waals surface area (Å²) in [6.45, 7) is 7.70. The van der Waals surface area contributed by atoms with E-state index in [1.54, 1.807) is 13.8 Å². The maximum atomic E-state index is 10.0. The van der Waals surface area contributed by atoms with Gasteiger partial charge in [-0.3, -0.25) is 0 Å². The molecule has 0 saturated heterocycles. The molecule has 1 aromatic rings. The summed E-state index contributed by atoms with van der Waals surface area (Å²) in [4.78, 5) is 4.51. The number of hydrogen-bond acceptors (Lipinski definition) is 3. The molecule has 0 spiro atoms. The van der Waals surface area contributed by atoms with Gasteiger partial charge in [0.05, 0.1) is 0 Å². The smallest absolute Gasteiger partial charge is 0.197 e. The van der Waals surface area contributed by atoms with E-state index in [9.17, 15) is 5.11 Å². The first-order valence-electron chi connectivity index (χ1n) is 6.58. The van der Waals surface area contributed by atoms with E-state index in [-0.39, 0.29) is 0 Å². The maximum absolute atomic E-state index is 10.0. The first-order valence-corrected chi connectivity index (χ1v) is 6.58. The minimum absolute atomic E-state index is 0.445. The molecule has 1 heterocycles. The lowest BCUT2D eigenvalue weighted by Crippen LogP contribution is -2.18. The highest BCUT2D eigenvalue weighted by molar-refractivity contribution is 5.16. The summed E-state index contributed by atoms with van der Waals surface area (Å²) in [6.07, 6.45) is 4.83. The second-order valence-corrected chi connectivity index (χ2v) is 5.97. The van der Waals surface area contributed by atoms with Crippen LogP contribution in [0, 0.1) is 12.8 Å². The maximum Gasteiger partial charge on any atom is 0.197 e. The Morgan fingerprint density at radius 2 is 1.82 bits per heavy atom. The van der Waals surface area contributed by atoms with Crippen LogP contribution in [0.25, 0.3) is 0 Å². The first-order chi connectivity index (χ1) is 7.88. The fourth-order valence-electron chi connectivity index (χ4n) is 2.67. The zero-order chi connectivity index (χ0) is 12.6. The normalized spacial score (nSPS) is 26.2. The van der Waals surface area contributed by atoms with Gasteiger partial charge in [0.2, 0.25) is 0 Å². The second kappa shape index (κ2) is 4.45. The summed E-state index contributed by atoms with van der Waals surface area (Å²) in [5, 5.41) is 10.0. The number of aryl methyl sites for hydroxylation is 1. The molecule has 0 unspecified atom stereocenters. The standard InChI is InChI=1S/C14H23NO2/c1-9-5-7-11(8-6-9)13-15-12(10(2)17-13)14(3,4)16/h9,11,16H,5-8H2,1-4H3. The molecule has 0 amide bonds. The van der Waals surface area contributed by atoms with Gasteiger partial charge < -0.3 is 9.52 Å². The molecule has 1 saturated carbocycles. The molecular weight excluding hydrogens is 214 g/mol. The van der Waals surface area contributed by atoms with Crippen LogP contribution in [0.1, 0.15) is 69.7 Å². The zero-order valence-electron chi connectivity index (χ0n) is 11.3. The van der Waals surface area contributed by atoms with Gasteiger partial charge in [-0.05, 0) is 52.4 Å². The van der Waals surface area contributed by atoms with Crippen LogP contribution in [0.2, 0.25) is 0 Å². The van der Waals surface area contributed by atoms with E-state index < -0.39 is 5.60 Å². The molecule has 0 atom stereocenters. The molecular formula is C14H23NO2. The molecule has 0 bridgehead atoms. The predicted molar refractivity (Wildman–Crippen MR) is 66.9 cm³/mol. The number of nitrogens with zero attached hydrogens (tertiary/aromatic N) is 1. The summed E-state index contributed by atoms with van der Waals surface area (Å²) >= 11 is 0. The number of rotatable bonds is 2. The lowest BCUT2D eigenvalue weighted by Gasteiger charge is -2.23. The Bertz CT molecular complexity index is 381. The molecule has 96 valence electrons. The molecule has 2 rings (SSSR count). The minimum Gasteiger partial charge on any atom is -0.445 e. The lowest BCUT2D eigenvalue weighted by atomic mass is 9.83. The van der Waals surface area contributed by atoms with Crippen LogP contribution < -0.4 is 0 Å². The van der Waals surface area contributed by atoms with Gasteiger partial charge >= 0.3 is 0 Å². The van der Waals surface area contributed by atoms with Crippen LogP contribution >= 0.6 is 0 Å². The third-order valence-electron chi connectivity index (χ3n) is 3.76. The average molecular weight is 237 g/mol. The van der Waals surface area contributed by atoms with Crippen molar-refractivity contribution in [2.45, 2.75) is 64.9 Å². The zero-order valence-corrected chi connectivity index (χ0v) is 11.3. The molecule has 3 nitrogen and oxygen atoms in total. The summed E-state index contributed by atoms with van der Waals surface area (Å²) in [5.41, 5.74) is -0.223. The van der Waals surface area contributed by atoms with Crippen molar-refractivity contribution >= 4 is 0 Å². The minimum atomic E-state index is -0.909. The van der Waals surface area contributed by atoms with Crippen LogP contribution in [0.15, 0.2) is 4.42 Å². The van der Waals surface area contributed by atoms with Gasteiger partial charge in [-0.15, -0.1) is 0 Å². The Labute approximate surface area is 103 Å². The van der Waals surface area contributed by atoms with Crippen molar-refractivity contribution in [3.8, 4) is 0 Å². The van der Waals surface area contributed by atoms with Gasteiger partial charge in [-0.25, -0.2) is 4.98 Å². The van der Waals surface area contributed by atoms with Crippen LogP contribution in [-0.4, -0.2) is 10.1 Å². The fraction of sp³-hybridized carbons (Fsp3) is 0.786. The van der Waals surface area contributed by atoms with Crippen molar-refractivity contribution in [2.75, 3.05) is 0 Å². The number of hydrogen-bond donors (Lipinski definition) is 1. The van der Waals surface area contributed by atoms with Gasteiger partial charge in [0, 0.05) is 5.92 Å². The molecule has 1 aliphatic rings. The van der Waals surface area contributed by atoms with Gasteiger partial charge in [0.15, 0.2) is 5.89 Å². The van der Waals surface area contributed by atoms with Gasteiger partial charge in [0.25, 0.3) is 0 Å². The molecule has 3 heteroatoms. The molecule has 0 radical (unpaired) electrons. The summed E-state index contributed by atoms with van der Waals surface area (Å²) in [5.74, 6) is 2.86. The third-order valence-corrected chi connectivity index (χ3v) is 3.76. The van der Waals surface area contributed by atoms with Crippen molar-refractivity contribution in [3.63, 3.8) is 0 Å². The highest BCUT2D eigenvalue weighted by Gasteiger charge is 2.29. The number of aliphatic hydroxyl groups is 1. The quantitative estimate of drug-likeness (QED) is 0.856. The Kier molecular flexibility index (Phi) is 3.30. The van der Waals surface area contributed by atoms with Crippen LogP contribution in [0.5, 0.6) is 0 Å². The van der Waals surface area contributed by atoms with Gasteiger partial charge in [-0.2, -0.15) is 0 Å². The van der Waals surface area contributed by atoms with Crippen molar-refractivity contribution in [1.29, 1.82) is 0 Å². The van der Waals surface area contributed by atoms with E-state index >= 15 is 0 Å². The Hall–Kier alpha value is -0.830. The third kappa shape index (κ3) is 2.71. The van der Waals surface area contributed by atoms with E-state index in [1.807, 2.05) is 6.92 Å². The lowest BCUT2D eigenvalue weighted by molar-refractivity contribution is 0.0728. The Balaban J connectivity index is 2.18. The van der Waals surface area contributed by atoms with Crippen molar-refractivity contribution in [1.82, 2.24) is 4.98 Å². The molecule has 1 N–H and O–H groups in total. The van der Waals surface area contributed by atoms with Gasteiger partial charge in [-0.1, -0.05) is 6.92 Å². The van der Waals surface area contributed by atoms with Crippen molar-refractivity contribution in [2.24, 2.45) is 5.92 Å². The molecule has 1 fully saturated rings. The topological polar surface area (TPSA) is 46.3 Å². The first kappa shape index (κ1) is 12.6. The Morgan fingerprint density at radius 3 is 2.29 bits per heavy atom. The number of aromatic nitrogens is 1. The predicted octanol–water partition coefficient (Wildman–Crippen LogP) is 3.50. The van der Waals surface area contributed by atoms with Crippen LogP contribution in [-0.2, 0) is 5.60 Å². The van der Waals surface area contributed by atoms with Crippen molar-refractivity contribution < 1.29 is 9.52 Å². The highest BCUT2D eigenvalue weighted by atomic mass is 16.4. The van der Waals surface area contributed by atoms with E-state index in [0.29, 0.717) is 11.6 Å². The molecule has 1 aromatic heterocycles. The van der Waals surface area contributed by atoms with Crippen LogP contribution in [0.3, 0.4) is 0 Å². The largest absolute Gasteiger partial charge is 0.445 e. The van der Waals surface area contributed by atoms with Crippen LogP contribution in [0.4, 0.5) is 0 Å². The van der Waals surface area contributed by atoms with E-state index in [0.717, 1.165) is 30.4 Å². The Morgan fingerprint density at radius 1 is 1.24 bits per heavy atom. The molecule has 0 aliphatic heterocycles. The molecule has 17 heavy (non-hydrogen) atoms. The van der Waals surface area contributed by atoms with E-state index in [4.69, 9.17) is 4.42 Å². The summed E-state index contributed by atoms with van der Waals surface area (Å²) in [7, 11) is 0. The fourth-order valence-corrected chi connectivity index (χ4v) is 2.67. The molecule has 1 aliphatic carbocycles. The molecule has 0 aromatic carbocycles. The SMILES string of the molecule is Cc1oc(C2CCC(C)CC2)nc1C(C)(C)O. The summed E-state index contributed by atoms with van der Waals surface area (Å²) < 4.78 is 5.74. The van der Waals surface area contributed by atoms with E-state index in [1.165, 1.54) is 12.8 Å². The van der Waals surface area contributed by atoms with E-state index in [2.05, 4.69) is 11.9 Å². The monoisotopic (exact) mass is 237 g/mol. The van der Waals surface area contributed by atoms with Crippen molar-refractivity contribution in [3.05, 3.63) is 17.3 Å². The number of oxazole rings is 1. The second-order valence-electron chi connectivity index (χ2n) is 5.97.